The van der Waals surface area contributed by atoms with Crippen LogP contribution in [0.25, 0.3) is 0 Å². The monoisotopic (exact) mass is 506 g/mol. The Morgan fingerprint density at radius 3 is 2.36 bits per heavy atom. The maximum atomic E-state index is 13.0. The molecule has 0 saturated heterocycles. The van der Waals surface area contributed by atoms with Crippen LogP contribution in [0.2, 0.25) is 5.02 Å². The van der Waals surface area contributed by atoms with E-state index in [9.17, 15) is 19.2 Å². The van der Waals surface area contributed by atoms with E-state index in [0.29, 0.717) is 16.5 Å². The van der Waals surface area contributed by atoms with Gasteiger partial charge in [-0.3, -0.25) is 19.3 Å². The Kier molecular flexibility index (Phi) is 7.07. The zero-order valence-electron chi connectivity index (χ0n) is 19.8. The lowest BCUT2D eigenvalue weighted by molar-refractivity contribution is -0.123. The van der Waals surface area contributed by atoms with Gasteiger partial charge in [0.2, 0.25) is 0 Å². The predicted molar refractivity (Wildman–Crippen MR) is 133 cm³/mol. The van der Waals surface area contributed by atoms with E-state index < -0.39 is 29.8 Å². The topological polar surface area (TPSA) is 102 Å². The highest BCUT2D eigenvalue weighted by molar-refractivity contribution is 6.31. The number of hydrogen-bond acceptors (Lipinski definition) is 6. The number of benzene rings is 3. The Balaban J connectivity index is 1.44. The highest BCUT2D eigenvalue weighted by atomic mass is 35.5. The molecule has 1 aliphatic rings. The third-order valence-electron chi connectivity index (χ3n) is 5.82. The first-order valence-corrected chi connectivity index (χ1v) is 11.5. The standard InChI is InChI=1S/C27H23ClN2O6/c1-15-4-8-19(28)13-23(15)29-24(31)16(2)36-27(34)18-7-11-21-22(12-18)26(33)30(25(21)32)14-17-5-9-20(35-3)10-6-17/h4-13,16H,14H2,1-3H3,(H,29,31). The van der Waals surface area contributed by atoms with Crippen molar-refractivity contribution in [2.75, 3.05) is 12.4 Å². The fraction of sp³-hybridized carbons (Fsp3) is 0.185. The molecule has 0 radical (unpaired) electrons. The molecule has 3 aromatic rings. The van der Waals surface area contributed by atoms with Crippen molar-refractivity contribution >= 4 is 41.0 Å². The number of imide groups is 1. The van der Waals surface area contributed by atoms with Gasteiger partial charge in [0.1, 0.15) is 5.75 Å². The minimum Gasteiger partial charge on any atom is -0.497 e. The first-order valence-electron chi connectivity index (χ1n) is 11.1. The van der Waals surface area contributed by atoms with Crippen LogP contribution in [-0.2, 0) is 16.1 Å². The van der Waals surface area contributed by atoms with Gasteiger partial charge in [0.25, 0.3) is 17.7 Å². The maximum Gasteiger partial charge on any atom is 0.338 e. The number of carbonyl (C=O) groups excluding carboxylic acids is 4. The number of halogens is 1. The van der Waals surface area contributed by atoms with Crippen LogP contribution in [0.5, 0.6) is 5.75 Å². The van der Waals surface area contributed by atoms with Crippen LogP contribution >= 0.6 is 11.6 Å². The summed E-state index contributed by atoms with van der Waals surface area (Å²) in [7, 11) is 1.55. The second-order valence-corrected chi connectivity index (χ2v) is 8.74. The molecule has 9 heteroatoms. The number of esters is 1. The zero-order valence-corrected chi connectivity index (χ0v) is 20.6. The summed E-state index contributed by atoms with van der Waals surface area (Å²) in [6, 6.07) is 16.2. The van der Waals surface area contributed by atoms with E-state index in [2.05, 4.69) is 5.32 Å². The van der Waals surface area contributed by atoms with Gasteiger partial charge in [-0.1, -0.05) is 29.8 Å². The largest absolute Gasteiger partial charge is 0.497 e. The van der Waals surface area contributed by atoms with Gasteiger partial charge in [-0.05, 0) is 67.4 Å². The Hall–Kier alpha value is -4.17. The van der Waals surface area contributed by atoms with Crippen molar-refractivity contribution < 1.29 is 28.7 Å². The zero-order chi connectivity index (χ0) is 26.0. The van der Waals surface area contributed by atoms with Gasteiger partial charge in [0, 0.05) is 10.7 Å². The summed E-state index contributed by atoms with van der Waals surface area (Å²) in [4.78, 5) is 52.1. The second kappa shape index (κ2) is 10.2. The summed E-state index contributed by atoms with van der Waals surface area (Å²) >= 11 is 5.98. The summed E-state index contributed by atoms with van der Waals surface area (Å²) in [6.45, 7) is 3.32. The number of anilines is 1. The van der Waals surface area contributed by atoms with Crippen molar-refractivity contribution in [3.05, 3.63) is 93.5 Å². The number of ether oxygens (including phenoxy) is 2. The molecule has 0 spiro atoms. The minimum atomic E-state index is -1.12. The van der Waals surface area contributed by atoms with E-state index >= 15 is 0 Å². The molecular weight excluding hydrogens is 484 g/mol. The summed E-state index contributed by atoms with van der Waals surface area (Å²) in [5, 5.41) is 3.14. The van der Waals surface area contributed by atoms with E-state index in [-0.39, 0.29) is 23.2 Å². The summed E-state index contributed by atoms with van der Waals surface area (Å²) < 4.78 is 10.4. The number of amides is 3. The third-order valence-corrected chi connectivity index (χ3v) is 6.05. The Morgan fingerprint density at radius 1 is 0.972 bits per heavy atom. The summed E-state index contributed by atoms with van der Waals surface area (Å²) in [5.74, 6) is -1.63. The molecule has 0 fully saturated rings. The molecule has 1 unspecified atom stereocenters. The average Bonchev–Trinajstić information content (AvgIpc) is 3.10. The van der Waals surface area contributed by atoms with Crippen molar-refractivity contribution in [2.45, 2.75) is 26.5 Å². The maximum absolute atomic E-state index is 13.0. The molecule has 184 valence electrons. The molecule has 0 aromatic heterocycles. The molecule has 0 saturated carbocycles. The van der Waals surface area contributed by atoms with Gasteiger partial charge in [-0.2, -0.15) is 0 Å². The number of rotatable bonds is 7. The molecule has 8 nitrogen and oxygen atoms in total. The molecule has 1 N–H and O–H groups in total. The first-order chi connectivity index (χ1) is 17.2. The molecule has 1 atom stereocenters. The number of carbonyl (C=O) groups is 4. The van der Waals surface area contributed by atoms with Crippen LogP contribution < -0.4 is 10.1 Å². The van der Waals surface area contributed by atoms with Gasteiger partial charge >= 0.3 is 5.97 Å². The molecule has 1 aliphatic heterocycles. The van der Waals surface area contributed by atoms with Crippen LogP contribution in [0.1, 0.15) is 49.1 Å². The lowest BCUT2D eigenvalue weighted by atomic mass is 10.1. The van der Waals surface area contributed by atoms with Crippen LogP contribution in [0.15, 0.2) is 60.7 Å². The van der Waals surface area contributed by atoms with E-state index in [4.69, 9.17) is 21.1 Å². The number of hydrogen-bond donors (Lipinski definition) is 1. The molecule has 1 heterocycles. The Morgan fingerprint density at radius 2 is 1.67 bits per heavy atom. The number of fused-ring (bicyclic) bond motifs is 1. The first kappa shape index (κ1) is 24.9. The fourth-order valence-corrected chi connectivity index (χ4v) is 3.89. The molecule has 4 rings (SSSR count). The van der Waals surface area contributed by atoms with Crippen LogP contribution in [-0.4, -0.2) is 41.8 Å². The van der Waals surface area contributed by atoms with Crippen molar-refractivity contribution in [3.8, 4) is 5.75 Å². The van der Waals surface area contributed by atoms with E-state index in [1.807, 2.05) is 6.92 Å². The average molecular weight is 507 g/mol. The smallest absolute Gasteiger partial charge is 0.338 e. The number of methoxy groups -OCH3 is 1. The fourth-order valence-electron chi connectivity index (χ4n) is 3.72. The minimum absolute atomic E-state index is 0.0554. The molecule has 0 aliphatic carbocycles. The molecule has 0 bridgehead atoms. The van der Waals surface area contributed by atoms with Crippen molar-refractivity contribution in [2.24, 2.45) is 0 Å². The summed E-state index contributed by atoms with van der Waals surface area (Å²) in [5.41, 5.74) is 2.42. The number of nitrogens with zero attached hydrogens (tertiary/aromatic N) is 1. The van der Waals surface area contributed by atoms with Gasteiger partial charge in [-0.15, -0.1) is 0 Å². The SMILES string of the molecule is COc1ccc(CN2C(=O)c3ccc(C(=O)OC(C)C(=O)Nc4cc(Cl)ccc4C)cc3C2=O)cc1. The quantitative estimate of drug-likeness (QED) is 0.370. The van der Waals surface area contributed by atoms with E-state index in [1.165, 1.54) is 25.1 Å². The lowest BCUT2D eigenvalue weighted by Gasteiger charge is -2.15. The van der Waals surface area contributed by atoms with E-state index in [0.717, 1.165) is 16.0 Å². The van der Waals surface area contributed by atoms with Crippen molar-refractivity contribution in [3.63, 3.8) is 0 Å². The molecule has 3 amide bonds. The highest BCUT2D eigenvalue weighted by Crippen LogP contribution is 2.27. The van der Waals surface area contributed by atoms with Gasteiger partial charge in [0.05, 0.1) is 30.3 Å². The van der Waals surface area contributed by atoms with Gasteiger partial charge < -0.3 is 14.8 Å². The van der Waals surface area contributed by atoms with Crippen molar-refractivity contribution in [1.29, 1.82) is 0 Å². The van der Waals surface area contributed by atoms with Crippen LogP contribution in [0.3, 0.4) is 0 Å². The normalized spacial score (nSPS) is 13.3. The van der Waals surface area contributed by atoms with Crippen molar-refractivity contribution in [1.82, 2.24) is 4.90 Å². The number of aryl methyl sites for hydroxylation is 1. The van der Waals surface area contributed by atoms with Gasteiger partial charge in [0.15, 0.2) is 6.10 Å². The molecular formula is C27H23ClN2O6. The lowest BCUT2D eigenvalue weighted by Crippen LogP contribution is -2.30. The number of nitrogens with one attached hydrogen (secondary N) is 1. The molecule has 3 aromatic carbocycles. The Bertz CT molecular complexity index is 1370. The second-order valence-electron chi connectivity index (χ2n) is 8.30. The predicted octanol–water partition coefficient (Wildman–Crippen LogP) is 4.64. The molecule has 36 heavy (non-hydrogen) atoms. The van der Waals surface area contributed by atoms with E-state index in [1.54, 1.807) is 49.6 Å². The van der Waals surface area contributed by atoms with Crippen LogP contribution in [0.4, 0.5) is 5.69 Å². The Labute approximate surface area is 212 Å². The third kappa shape index (κ3) is 5.08. The van der Waals surface area contributed by atoms with Gasteiger partial charge in [-0.25, -0.2) is 4.79 Å². The summed E-state index contributed by atoms with van der Waals surface area (Å²) in [6.07, 6.45) is -1.12. The highest BCUT2D eigenvalue weighted by Gasteiger charge is 2.36. The van der Waals surface area contributed by atoms with Crippen LogP contribution in [0, 0.1) is 6.92 Å².